The van der Waals surface area contributed by atoms with Crippen LogP contribution >= 0.6 is 0 Å². The summed E-state index contributed by atoms with van der Waals surface area (Å²) in [5, 5.41) is 2.41. The maximum atomic E-state index is 7.03. The molecule has 1 aromatic heterocycles. The molecule has 0 amide bonds. The molecule has 1 saturated carbocycles. The summed E-state index contributed by atoms with van der Waals surface area (Å²) in [6.07, 6.45) is 6.40. The zero-order valence-corrected chi connectivity index (χ0v) is 40.8. The van der Waals surface area contributed by atoms with Crippen molar-refractivity contribution in [3.63, 3.8) is 0 Å². The summed E-state index contributed by atoms with van der Waals surface area (Å²) in [5.41, 5.74) is 26.7. The van der Waals surface area contributed by atoms with Crippen molar-refractivity contribution < 1.29 is 4.42 Å². The Kier molecular flexibility index (Phi) is 9.04. The highest BCUT2D eigenvalue weighted by Crippen LogP contribution is 2.65. The standard InChI is InChI=1S/C70H53NO/c1-69(2)59-29-12-9-22-52(59)54-41-39-49(43-63(54)69)71(48-37-34-46(35-38-48)51-26-16-28-57-56-27-15-25-50(67(56)72-68(51)57)45-20-7-4-8-21-45)65-33-17-32-62-66(65)58-24-11-14-31-61(58)70(62)60-30-13-10-23-53(60)55-40-36-47(42-64(55)70)44-18-5-3-6-19-44/h3,5-6,9-19,22-43,45H,4,7-8,20-21H2,1-2H3. The van der Waals surface area contributed by atoms with E-state index in [0.717, 1.165) is 39.4 Å². The van der Waals surface area contributed by atoms with Crippen LogP contribution in [0.1, 0.15) is 90.8 Å². The monoisotopic (exact) mass is 923 g/mol. The van der Waals surface area contributed by atoms with Gasteiger partial charge in [-0.25, -0.2) is 0 Å². The van der Waals surface area contributed by atoms with Crippen molar-refractivity contribution in [1.29, 1.82) is 0 Å². The molecule has 2 heteroatoms. The highest BCUT2D eigenvalue weighted by atomic mass is 16.3. The number of hydrogen-bond acceptors (Lipinski definition) is 2. The Hall–Kier alpha value is -8.20. The Labute approximate surface area is 421 Å². The van der Waals surface area contributed by atoms with E-state index in [4.69, 9.17) is 4.42 Å². The highest BCUT2D eigenvalue weighted by Gasteiger charge is 2.52. The van der Waals surface area contributed by atoms with E-state index in [-0.39, 0.29) is 5.41 Å². The first kappa shape index (κ1) is 41.6. The molecule has 72 heavy (non-hydrogen) atoms. The molecule has 1 unspecified atom stereocenters. The third-order valence-electron chi connectivity index (χ3n) is 17.3. The second-order valence-corrected chi connectivity index (χ2v) is 21.3. The van der Waals surface area contributed by atoms with Gasteiger partial charge in [0, 0.05) is 38.7 Å². The van der Waals surface area contributed by atoms with Crippen LogP contribution in [0.5, 0.6) is 0 Å². The third-order valence-corrected chi connectivity index (χ3v) is 17.3. The maximum Gasteiger partial charge on any atom is 0.143 e. The number of rotatable bonds is 6. The Morgan fingerprint density at radius 2 is 0.958 bits per heavy atom. The van der Waals surface area contributed by atoms with E-state index >= 15 is 0 Å². The van der Waals surface area contributed by atoms with E-state index in [1.807, 2.05) is 0 Å². The largest absolute Gasteiger partial charge is 0.455 e. The van der Waals surface area contributed by atoms with Gasteiger partial charge in [-0.1, -0.05) is 215 Å². The van der Waals surface area contributed by atoms with Crippen molar-refractivity contribution in [3.8, 4) is 55.6 Å². The fourth-order valence-electron chi connectivity index (χ4n) is 14.0. The number of furan rings is 1. The van der Waals surface area contributed by atoms with E-state index < -0.39 is 5.41 Å². The third kappa shape index (κ3) is 5.78. The molecule has 0 bridgehead atoms. The quantitative estimate of drug-likeness (QED) is 0.165. The molecule has 1 atom stereocenters. The molecule has 0 N–H and O–H groups in total. The predicted octanol–water partition coefficient (Wildman–Crippen LogP) is 19.1. The van der Waals surface area contributed by atoms with Crippen molar-refractivity contribution in [3.05, 3.63) is 257 Å². The molecule has 11 aromatic rings. The molecule has 344 valence electrons. The lowest BCUT2D eigenvalue weighted by Crippen LogP contribution is -2.26. The summed E-state index contributed by atoms with van der Waals surface area (Å²) < 4.78 is 7.03. The van der Waals surface area contributed by atoms with Gasteiger partial charge >= 0.3 is 0 Å². The number of fused-ring (bicyclic) bond motifs is 16. The fourth-order valence-corrected chi connectivity index (χ4v) is 14.0. The van der Waals surface area contributed by atoms with Crippen LogP contribution in [-0.4, -0.2) is 0 Å². The van der Waals surface area contributed by atoms with E-state index in [1.54, 1.807) is 0 Å². The van der Waals surface area contributed by atoms with E-state index in [9.17, 15) is 0 Å². The Morgan fingerprint density at radius 3 is 1.75 bits per heavy atom. The van der Waals surface area contributed by atoms with Gasteiger partial charge in [0.1, 0.15) is 11.2 Å². The van der Waals surface area contributed by atoms with E-state index in [2.05, 4.69) is 237 Å². The van der Waals surface area contributed by atoms with Crippen LogP contribution in [-0.2, 0) is 10.8 Å². The number of benzene rings is 10. The predicted molar refractivity (Wildman–Crippen MR) is 299 cm³/mol. The number of nitrogens with zero attached hydrogens (tertiary/aromatic N) is 1. The van der Waals surface area contributed by atoms with Crippen LogP contribution in [0.15, 0.2) is 223 Å². The second-order valence-electron chi connectivity index (χ2n) is 21.3. The average Bonchev–Trinajstić information content (AvgIpc) is 4.14. The van der Waals surface area contributed by atoms with Gasteiger partial charge in [0.05, 0.1) is 11.1 Å². The van der Waals surface area contributed by atoms with Gasteiger partial charge in [0.2, 0.25) is 0 Å². The van der Waals surface area contributed by atoms with Crippen LogP contribution < -0.4 is 4.90 Å². The van der Waals surface area contributed by atoms with Crippen LogP contribution in [0, 0.1) is 0 Å². The van der Waals surface area contributed by atoms with Gasteiger partial charge < -0.3 is 9.32 Å². The molecule has 4 aliphatic rings. The van der Waals surface area contributed by atoms with E-state index in [1.165, 1.54) is 126 Å². The minimum Gasteiger partial charge on any atom is -0.455 e. The first-order valence-electron chi connectivity index (χ1n) is 26.1. The molecular formula is C70H53NO. The van der Waals surface area contributed by atoms with Crippen molar-refractivity contribution in [2.45, 2.75) is 62.7 Å². The lowest BCUT2D eigenvalue weighted by atomic mass is 9.70. The normalized spacial score (nSPS) is 16.9. The SMILES string of the molecule is CC1(C)c2ccccc2-c2ccc(N(c3ccc(-c4cccc5c4oc4c(C6CCCCC6)cccc45)cc3)c3cccc4c3-c3ccccc3C43c4ccccc4-c4ccc(-c5ccccc5)cc43)cc21. The number of hydrogen-bond donors (Lipinski definition) is 0. The van der Waals surface area contributed by atoms with Crippen LogP contribution in [0.3, 0.4) is 0 Å². The summed E-state index contributed by atoms with van der Waals surface area (Å²) >= 11 is 0. The van der Waals surface area contributed by atoms with E-state index in [0.29, 0.717) is 5.92 Å². The van der Waals surface area contributed by atoms with Crippen molar-refractivity contribution in [2.75, 3.05) is 4.90 Å². The molecule has 15 rings (SSSR count). The first-order chi connectivity index (χ1) is 35.5. The Bertz CT molecular complexity index is 4000. The van der Waals surface area contributed by atoms with Crippen molar-refractivity contribution in [2.24, 2.45) is 0 Å². The van der Waals surface area contributed by atoms with Crippen molar-refractivity contribution >= 4 is 39.0 Å². The second kappa shape index (κ2) is 15.6. The lowest BCUT2D eigenvalue weighted by molar-refractivity contribution is 0.442. The molecule has 2 nitrogen and oxygen atoms in total. The molecule has 4 aliphatic carbocycles. The smallest absolute Gasteiger partial charge is 0.143 e. The molecule has 1 fully saturated rings. The molecule has 1 spiro atoms. The number of anilines is 3. The highest BCUT2D eigenvalue weighted by molar-refractivity contribution is 6.10. The summed E-state index contributed by atoms with van der Waals surface area (Å²) in [6.45, 7) is 4.77. The van der Waals surface area contributed by atoms with Gasteiger partial charge in [0.25, 0.3) is 0 Å². The summed E-state index contributed by atoms with van der Waals surface area (Å²) in [7, 11) is 0. The molecule has 1 heterocycles. The Morgan fingerprint density at radius 1 is 0.389 bits per heavy atom. The summed E-state index contributed by atoms with van der Waals surface area (Å²) in [4.78, 5) is 2.54. The summed E-state index contributed by atoms with van der Waals surface area (Å²) in [6, 6.07) is 82.4. The molecule has 0 radical (unpaired) electrons. The summed E-state index contributed by atoms with van der Waals surface area (Å²) in [5.74, 6) is 0.557. The van der Waals surface area contributed by atoms with Gasteiger partial charge in [-0.2, -0.15) is 0 Å². The molecule has 0 aliphatic heterocycles. The molecule has 0 saturated heterocycles. The first-order valence-corrected chi connectivity index (χ1v) is 26.1. The van der Waals surface area contributed by atoms with Crippen molar-refractivity contribution in [1.82, 2.24) is 0 Å². The van der Waals surface area contributed by atoms with Gasteiger partial charge in [0.15, 0.2) is 0 Å². The topological polar surface area (TPSA) is 16.4 Å². The van der Waals surface area contributed by atoms with Gasteiger partial charge in [-0.3, -0.25) is 0 Å². The number of para-hydroxylation sites is 2. The fraction of sp³-hybridized carbons (Fsp3) is 0.143. The minimum atomic E-state index is -0.516. The van der Waals surface area contributed by atoms with Crippen LogP contribution in [0.25, 0.3) is 77.6 Å². The van der Waals surface area contributed by atoms with Crippen LogP contribution in [0.4, 0.5) is 17.1 Å². The molecule has 10 aromatic carbocycles. The molecular weight excluding hydrogens is 871 g/mol. The van der Waals surface area contributed by atoms with Crippen LogP contribution in [0.2, 0.25) is 0 Å². The average molecular weight is 924 g/mol. The van der Waals surface area contributed by atoms with Gasteiger partial charge in [-0.05, 0) is 139 Å². The maximum absolute atomic E-state index is 7.03. The lowest BCUT2D eigenvalue weighted by Gasteiger charge is -2.32. The van der Waals surface area contributed by atoms with Gasteiger partial charge in [-0.15, -0.1) is 0 Å². The minimum absolute atomic E-state index is 0.164. The zero-order valence-electron chi connectivity index (χ0n) is 40.8. The zero-order chi connectivity index (χ0) is 47.7. The Balaban J connectivity index is 0.940.